The molecule has 1 aliphatic heterocycles. The van der Waals surface area contributed by atoms with E-state index in [4.69, 9.17) is 4.74 Å². The third-order valence-electron chi connectivity index (χ3n) is 5.84. The largest absolute Gasteiger partial charge is 0.494 e. The molecule has 1 heterocycles. The van der Waals surface area contributed by atoms with Gasteiger partial charge in [-0.15, -0.1) is 0 Å². The topological polar surface area (TPSA) is 96.2 Å². The summed E-state index contributed by atoms with van der Waals surface area (Å²) in [6.45, 7) is 10.3. The molecule has 1 fully saturated rings. The first-order valence-corrected chi connectivity index (χ1v) is 12.7. The number of nitro groups is 1. The number of piperazine rings is 1. The van der Waals surface area contributed by atoms with E-state index in [1.54, 1.807) is 19.9 Å². The molecule has 0 radical (unpaired) electrons. The predicted octanol–water partition coefficient (Wildman–Crippen LogP) is 3.35. The fourth-order valence-electron chi connectivity index (χ4n) is 4.05. The van der Waals surface area contributed by atoms with Gasteiger partial charge in [-0.1, -0.05) is 26.0 Å². The molecule has 9 nitrogen and oxygen atoms in total. The quantitative estimate of drug-likeness (QED) is 0.383. The highest BCUT2D eigenvalue weighted by Gasteiger charge is 2.28. The Hall–Kier alpha value is -2.69. The summed E-state index contributed by atoms with van der Waals surface area (Å²) in [4.78, 5) is 15.5. The molecule has 0 unspecified atom stereocenters. The highest BCUT2D eigenvalue weighted by atomic mass is 32.2. The van der Waals surface area contributed by atoms with Crippen LogP contribution >= 0.6 is 0 Å². The molecule has 33 heavy (non-hydrogen) atoms. The molecule has 2 aromatic carbocycles. The molecular formula is C23H32N4O5S. The summed E-state index contributed by atoms with van der Waals surface area (Å²) >= 11 is 0. The van der Waals surface area contributed by atoms with Crippen LogP contribution < -0.4 is 9.64 Å². The van der Waals surface area contributed by atoms with E-state index in [1.165, 1.54) is 22.0 Å². The molecule has 0 spiro atoms. The molecule has 0 aromatic heterocycles. The zero-order valence-corrected chi connectivity index (χ0v) is 20.3. The van der Waals surface area contributed by atoms with Crippen molar-refractivity contribution in [2.24, 2.45) is 0 Å². The minimum absolute atomic E-state index is 0.0456. The Morgan fingerprint density at radius 1 is 1.00 bits per heavy atom. The molecule has 1 saturated heterocycles. The maximum absolute atomic E-state index is 12.8. The zero-order chi connectivity index (χ0) is 24.0. The van der Waals surface area contributed by atoms with Gasteiger partial charge in [0.05, 0.1) is 16.4 Å². The molecule has 3 rings (SSSR count). The number of benzene rings is 2. The van der Waals surface area contributed by atoms with Crippen molar-refractivity contribution < 1.29 is 18.1 Å². The van der Waals surface area contributed by atoms with Crippen molar-refractivity contribution in [3.8, 4) is 5.75 Å². The highest BCUT2D eigenvalue weighted by Crippen LogP contribution is 2.32. The Balaban J connectivity index is 1.71. The molecule has 2 aromatic rings. The summed E-state index contributed by atoms with van der Waals surface area (Å²) in [5.41, 5.74) is 1.46. The van der Waals surface area contributed by atoms with Gasteiger partial charge >= 0.3 is 0 Å². The van der Waals surface area contributed by atoms with Crippen LogP contribution in [0.1, 0.15) is 26.3 Å². The Bertz CT molecular complexity index is 1050. The Kier molecular flexibility index (Phi) is 8.28. The number of hydrogen-bond acceptors (Lipinski definition) is 7. The molecule has 0 bridgehead atoms. The predicted molar refractivity (Wildman–Crippen MR) is 128 cm³/mol. The van der Waals surface area contributed by atoms with Crippen LogP contribution in [-0.2, 0) is 16.6 Å². The van der Waals surface area contributed by atoms with Crippen LogP contribution in [-0.4, -0.2) is 68.4 Å². The van der Waals surface area contributed by atoms with Crippen molar-refractivity contribution in [2.45, 2.75) is 32.2 Å². The van der Waals surface area contributed by atoms with E-state index in [1.807, 2.05) is 24.0 Å². The maximum atomic E-state index is 12.8. The van der Waals surface area contributed by atoms with Gasteiger partial charge in [-0.25, -0.2) is 8.42 Å². The van der Waals surface area contributed by atoms with Crippen molar-refractivity contribution in [1.29, 1.82) is 0 Å². The maximum Gasteiger partial charge on any atom is 0.293 e. The lowest BCUT2D eigenvalue weighted by Crippen LogP contribution is -2.46. The van der Waals surface area contributed by atoms with Gasteiger partial charge in [0.15, 0.2) is 0 Å². The second-order valence-corrected chi connectivity index (χ2v) is 9.78. The second kappa shape index (κ2) is 11.0. The summed E-state index contributed by atoms with van der Waals surface area (Å²) in [5, 5.41) is 11.8. The smallest absolute Gasteiger partial charge is 0.293 e. The molecule has 1 aliphatic rings. The van der Waals surface area contributed by atoms with Crippen molar-refractivity contribution in [3.05, 3.63) is 58.1 Å². The van der Waals surface area contributed by atoms with Crippen LogP contribution in [0.2, 0.25) is 0 Å². The van der Waals surface area contributed by atoms with Gasteiger partial charge in [-0.05, 0) is 36.8 Å². The van der Waals surface area contributed by atoms with E-state index >= 15 is 0 Å². The second-order valence-electron chi connectivity index (χ2n) is 7.84. The van der Waals surface area contributed by atoms with Gasteiger partial charge in [-0.2, -0.15) is 4.31 Å². The molecule has 0 atom stereocenters. The normalized spacial score (nSPS) is 15.1. The fraction of sp³-hybridized carbons (Fsp3) is 0.478. The number of nitrogens with zero attached hydrogens (tertiary/aromatic N) is 4. The summed E-state index contributed by atoms with van der Waals surface area (Å²) in [6, 6.07) is 12.3. The molecule has 0 amide bonds. The lowest BCUT2D eigenvalue weighted by molar-refractivity contribution is -0.384. The van der Waals surface area contributed by atoms with E-state index in [0.29, 0.717) is 38.5 Å². The summed E-state index contributed by atoms with van der Waals surface area (Å²) in [7, 11) is -3.76. The van der Waals surface area contributed by atoms with Gasteiger partial charge in [0.25, 0.3) is 5.69 Å². The van der Waals surface area contributed by atoms with Crippen molar-refractivity contribution in [3.63, 3.8) is 0 Å². The number of ether oxygens (including phenoxy) is 1. The van der Waals surface area contributed by atoms with Crippen LogP contribution in [0.3, 0.4) is 0 Å². The monoisotopic (exact) mass is 476 g/mol. The lowest BCUT2D eigenvalue weighted by atomic mass is 10.1. The van der Waals surface area contributed by atoms with Crippen LogP contribution in [0.4, 0.5) is 11.4 Å². The van der Waals surface area contributed by atoms with E-state index in [9.17, 15) is 18.5 Å². The Morgan fingerprint density at radius 2 is 1.64 bits per heavy atom. The number of rotatable bonds is 10. The van der Waals surface area contributed by atoms with Crippen molar-refractivity contribution in [2.75, 3.05) is 50.8 Å². The van der Waals surface area contributed by atoms with E-state index in [2.05, 4.69) is 17.0 Å². The summed E-state index contributed by atoms with van der Waals surface area (Å²) in [5.74, 6) is 0.852. The van der Waals surface area contributed by atoms with Crippen LogP contribution in [0.25, 0.3) is 0 Å². The van der Waals surface area contributed by atoms with Crippen LogP contribution in [0.15, 0.2) is 47.4 Å². The van der Waals surface area contributed by atoms with Gasteiger partial charge < -0.3 is 9.64 Å². The van der Waals surface area contributed by atoms with E-state index in [0.717, 1.165) is 25.4 Å². The Morgan fingerprint density at radius 3 is 2.18 bits per heavy atom. The van der Waals surface area contributed by atoms with Crippen LogP contribution in [0, 0.1) is 10.1 Å². The summed E-state index contributed by atoms with van der Waals surface area (Å²) < 4.78 is 32.4. The van der Waals surface area contributed by atoms with Crippen molar-refractivity contribution >= 4 is 21.4 Å². The standard InChI is InChI=1S/C23H32N4O5S/c1-4-26(5-2)33(30,31)21-11-12-22(23(17-21)27(28)29)25-15-13-24(14-16-25)18-19-7-9-20(10-8-19)32-6-3/h7-12,17H,4-6,13-16,18H2,1-3H3. The molecule has 180 valence electrons. The number of anilines is 1. The molecular weight excluding hydrogens is 444 g/mol. The first-order valence-electron chi connectivity index (χ1n) is 11.3. The van der Waals surface area contributed by atoms with Gasteiger partial charge in [0.1, 0.15) is 11.4 Å². The first kappa shape index (κ1) is 24.9. The Labute approximate surface area is 195 Å². The number of sulfonamides is 1. The first-order chi connectivity index (χ1) is 15.8. The number of hydrogen-bond donors (Lipinski definition) is 0. The van der Waals surface area contributed by atoms with Crippen LogP contribution in [0.5, 0.6) is 5.75 Å². The molecule has 0 saturated carbocycles. The lowest BCUT2D eigenvalue weighted by Gasteiger charge is -2.36. The zero-order valence-electron chi connectivity index (χ0n) is 19.4. The van der Waals surface area contributed by atoms with Gasteiger partial charge in [0.2, 0.25) is 10.0 Å². The minimum atomic E-state index is -3.76. The molecule has 10 heteroatoms. The highest BCUT2D eigenvalue weighted by molar-refractivity contribution is 7.89. The molecule has 0 N–H and O–H groups in total. The third kappa shape index (κ3) is 5.82. The summed E-state index contributed by atoms with van der Waals surface area (Å²) in [6.07, 6.45) is 0. The fourth-order valence-corrected chi connectivity index (χ4v) is 5.53. The third-order valence-corrected chi connectivity index (χ3v) is 7.89. The van der Waals surface area contributed by atoms with E-state index in [-0.39, 0.29) is 10.6 Å². The van der Waals surface area contributed by atoms with Crippen molar-refractivity contribution in [1.82, 2.24) is 9.21 Å². The minimum Gasteiger partial charge on any atom is -0.494 e. The number of nitro benzene ring substituents is 1. The van der Waals surface area contributed by atoms with Gasteiger partial charge in [-0.3, -0.25) is 15.0 Å². The van der Waals surface area contributed by atoms with E-state index < -0.39 is 14.9 Å². The average molecular weight is 477 g/mol. The van der Waals surface area contributed by atoms with Gasteiger partial charge in [0, 0.05) is 51.9 Å². The SMILES string of the molecule is CCOc1ccc(CN2CCN(c3ccc(S(=O)(=O)N(CC)CC)cc3[N+](=O)[O-])CC2)cc1. The average Bonchev–Trinajstić information content (AvgIpc) is 2.81. The molecule has 0 aliphatic carbocycles.